The third kappa shape index (κ3) is 4.49. The molecule has 0 saturated carbocycles. The highest BCUT2D eigenvalue weighted by atomic mass is 16.3. The Labute approximate surface area is 108 Å². The van der Waals surface area contributed by atoms with Gasteiger partial charge in [0.25, 0.3) is 5.91 Å². The molecule has 5 heteroatoms. The summed E-state index contributed by atoms with van der Waals surface area (Å²) in [5.41, 5.74) is 1.32. The molecule has 5 nitrogen and oxygen atoms in total. The number of aliphatic hydroxyl groups is 1. The molecule has 0 atom stereocenters. The molecule has 1 rings (SSSR count). The Morgan fingerprint density at radius 3 is 2.83 bits per heavy atom. The van der Waals surface area contributed by atoms with E-state index in [0.717, 1.165) is 25.0 Å². The van der Waals surface area contributed by atoms with Gasteiger partial charge in [-0.2, -0.15) is 5.10 Å². The van der Waals surface area contributed by atoms with E-state index in [9.17, 15) is 4.79 Å². The first-order valence-corrected chi connectivity index (χ1v) is 6.42. The van der Waals surface area contributed by atoms with Crippen LogP contribution in [0.1, 0.15) is 49.8 Å². The summed E-state index contributed by atoms with van der Waals surface area (Å²) in [6.45, 7) is 6.80. The Morgan fingerprint density at radius 2 is 2.28 bits per heavy atom. The van der Waals surface area contributed by atoms with Gasteiger partial charge in [0, 0.05) is 18.8 Å². The summed E-state index contributed by atoms with van der Waals surface area (Å²) >= 11 is 0. The van der Waals surface area contributed by atoms with Crippen LogP contribution in [0.25, 0.3) is 0 Å². The summed E-state index contributed by atoms with van der Waals surface area (Å²) in [5.74, 6) is -0.146. The van der Waals surface area contributed by atoms with Crippen LogP contribution in [0.5, 0.6) is 0 Å². The van der Waals surface area contributed by atoms with Crippen molar-refractivity contribution in [3.63, 3.8) is 0 Å². The van der Waals surface area contributed by atoms with Gasteiger partial charge in [0.05, 0.1) is 0 Å². The molecule has 1 amide bonds. The molecular weight excluding hydrogens is 230 g/mol. The molecule has 0 aliphatic heterocycles. The number of nitrogens with one attached hydrogen (secondary N) is 2. The zero-order chi connectivity index (χ0) is 13.6. The van der Waals surface area contributed by atoms with Gasteiger partial charge in [-0.1, -0.05) is 20.8 Å². The summed E-state index contributed by atoms with van der Waals surface area (Å²) in [6, 6.07) is 1.77. The second-order valence-electron chi connectivity index (χ2n) is 5.31. The maximum Gasteiger partial charge on any atom is 0.271 e. The number of rotatable bonds is 7. The lowest BCUT2D eigenvalue weighted by molar-refractivity contribution is 0.0943. The molecule has 0 aromatic carbocycles. The normalized spacial score (nSPS) is 11.6. The number of aromatic amines is 1. The molecule has 3 N–H and O–H groups in total. The van der Waals surface area contributed by atoms with E-state index in [1.807, 2.05) is 20.8 Å². The van der Waals surface area contributed by atoms with Crippen LogP contribution in [0.4, 0.5) is 0 Å². The van der Waals surface area contributed by atoms with Gasteiger partial charge >= 0.3 is 0 Å². The average Bonchev–Trinajstić information content (AvgIpc) is 2.83. The van der Waals surface area contributed by atoms with Gasteiger partial charge in [0.2, 0.25) is 0 Å². The van der Waals surface area contributed by atoms with E-state index in [-0.39, 0.29) is 17.9 Å². The van der Waals surface area contributed by atoms with Crippen LogP contribution in [0.3, 0.4) is 0 Å². The van der Waals surface area contributed by atoms with Crippen molar-refractivity contribution < 1.29 is 9.90 Å². The monoisotopic (exact) mass is 253 g/mol. The van der Waals surface area contributed by atoms with Gasteiger partial charge < -0.3 is 10.4 Å². The maximum absolute atomic E-state index is 11.7. The molecule has 0 unspecified atom stereocenters. The number of aryl methyl sites for hydroxylation is 1. The quantitative estimate of drug-likeness (QED) is 0.644. The Hall–Kier alpha value is -1.36. The minimum Gasteiger partial charge on any atom is -0.396 e. The number of nitrogens with zero attached hydrogens (tertiary/aromatic N) is 1. The predicted molar refractivity (Wildman–Crippen MR) is 70.4 cm³/mol. The van der Waals surface area contributed by atoms with Crippen molar-refractivity contribution >= 4 is 5.91 Å². The molecule has 0 saturated heterocycles. The van der Waals surface area contributed by atoms with Gasteiger partial charge in [0.1, 0.15) is 5.69 Å². The van der Waals surface area contributed by atoms with Gasteiger partial charge in [0.15, 0.2) is 0 Å². The lowest BCUT2D eigenvalue weighted by atomic mass is 9.89. The number of aromatic nitrogens is 2. The van der Waals surface area contributed by atoms with Crippen LogP contribution in [0, 0.1) is 5.41 Å². The van der Waals surface area contributed by atoms with E-state index in [2.05, 4.69) is 15.5 Å². The van der Waals surface area contributed by atoms with E-state index >= 15 is 0 Å². The third-order valence-electron chi connectivity index (χ3n) is 2.99. The number of carbonyl (C=O) groups excluding carboxylic acids is 1. The molecule has 18 heavy (non-hydrogen) atoms. The molecule has 1 aromatic rings. The molecule has 0 aliphatic carbocycles. The molecule has 102 valence electrons. The zero-order valence-corrected chi connectivity index (χ0v) is 11.4. The highest BCUT2D eigenvalue weighted by molar-refractivity contribution is 5.92. The molecule has 0 fully saturated rings. The van der Waals surface area contributed by atoms with Gasteiger partial charge in [-0.25, -0.2) is 0 Å². The van der Waals surface area contributed by atoms with Crippen LogP contribution in [0.2, 0.25) is 0 Å². The zero-order valence-electron chi connectivity index (χ0n) is 11.4. The minimum absolute atomic E-state index is 0.0769. The first-order chi connectivity index (χ1) is 8.48. The fourth-order valence-corrected chi connectivity index (χ4v) is 1.60. The fourth-order valence-electron chi connectivity index (χ4n) is 1.60. The molecule has 0 bridgehead atoms. The standard InChI is InChI=1S/C13H23N3O2/c1-4-10-8-11(16-15-10)12(18)14-7-5-6-13(2,3)9-17/h8,17H,4-7,9H2,1-3H3,(H,14,18)(H,15,16). The highest BCUT2D eigenvalue weighted by Gasteiger charge is 2.16. The molecule has 0 aliphatic rings. The van der Waals surface area contributed by atoms with Crippen molar-refractivity contribution in [3.8, 4) is 0 Å². The summed E-state index contributed by atoms with van der Waals surface area (Å²) in [5, 5.41) is 18.7. The van der Waals surface area contributed by atoms with Crippen LogP contribution < -0.4 is 5.32 Å². The van der Waals surface area contributed by atoms with E-state index < -0.39 is 0 Å². The fraction of sp³-hybridized carbons (Fsp3) is 0.692. The van der Waals surface area contributed by atoms with E-state index in [0.29, 0.717) is 12.2 Å². The number of carbonyl (C=O) groups is 1. The number of aliphatic hydroxyl groups excluding tert-OH is 1. The first-order valence-electron chi connectivity index (χ1n) is 6.42. The summed E-state index contributed by atoms with van der Waals surface area (Å²) in [7, 11) is 0. The summed E-state index contributed by atoms with van der Waals surface area (Å²) in [6.07, 6.45) is 2.57. The van der Waals surface area contributed by atoms with Crippen molar-refractivity contribution in [2.24, 2.45) is 5.41 Å². The third-order valence-corrected chi connectivity index (χ3v) is 2.99. The SMILES string of the molecule is CCc1cc(C(=O)NCCCC(C)(C)CO)n[nH]1. The predicted octanol–water partition coefficient (Wildman–Crippen LogP) is 1.50. The minimum atomic E-state index is -0.146. The molecule has 1 aromatic heterocycles. The van der Waals surface area contributed by atoms with Crippen molar-refractivity contribution in [3.05, 3.63) is 17.5 Å². The maximum atomic E-state index is 11.7. The molecule has 0 radical (unpaired) electrons. The first kappa shape index (κ1) is 14.7. The number of H-pyrrole nitrogens is 1. The summed E-state index contributed by atoms with van der Waals surface area (Å²) in [4.78, 5) is 11.7. The highest BCUT2D eigenvalue weighted by Crippen LogP contribution is 2.20. The Morgan fingerprint density at radius 1 is 1.56 bits per heavy atom. The van der Waals surface area contributed by atoms with Gasteiger partial charge in [-0.3, -0.25) is 9.89 Å². The Balaban J connectivity index is 2.29. The Kier molecular flexibility index (Phi) is 5.34. The molecular formula is C13H23N3O2. The van der Waals surface area contributed by atoms with Gasteiger partial charge in [-0.05, 0) is 30.7 Å². The van der Waals surface area contributed by atoms with Crippen molar-refractivity contribution in [2.45, 2.75) is 40.0 Å². The van der Waals surface area contributed by atoms with Crippen LogP contribution in [-0.2, 0) is 6.42 Å². The lowest BCUT2D eigenvalue weighted by Gasteiger charge is -2.21. The van der Waals surface area contributed by atoms with Crippen molar-refractivity contribution in [1.82, 2.24) is 15.5 Å². The van der Waals surface area contributed by atoms with Crippen LogP contribution in [0.15, 0.2) is 6.07 Å². The van der Waals surface area contributed by atoms with E-state index in [1.54, 1.807) is 6.07 Å². The van der Waals surface area contributed by atoms with Crippen molar-refractivity contribution in [1.29, 1.82) is 0 Å². The van der Waals surface area contributed by atoms with Crippen LogP contribution >= 0.6 is 0 Å². The summed E-state index contributed by atoms with van der Waals surface area (Å²) < 4.78 is 0. The lowest BCUT2D eigenvalue weighted by Crippen LogP contribution is -2.26. The topological polar surface area (TPSA) is 78.0 Å². The van der Waals surface area contributed by atoms with Crippen LogP contribution in [-0.4, -0.2) is 34.4 Å². The van der Waals surface area contributed by atoms with Crippen molar-refractivity contribution in [2.75, 3.05) is 13.2 Å². The average molecular weight is 253 g/mol. The second-order valence-corrected chi connectivity index (χ2v) is 5.31. The Bertz CT molecular complexity index is 385. The van der Waals surface area contributed by atoms with E-state index in [1.165, 1.54) is 0 Å². The van der Waals surface area contributed by atoms with E-state index in [4.69, 9.17) is 5.11 Å². The number of amides is 1. The largest absolute Gasteiger partial charge is 0.396 e. The number of hydrogen-bond donors (Lipinski definition) is 3. The smallest absolute Gasteiger partial charge is 0.271 e. The number of hydrogen-bond acceptors (Lipinski definition) is 3. The van der Waals surface area contributed by atoms with Gasteiger partial charge in [-0.15, -0.1) is 0 Å². The molecule has 1 heterocycles. The second kappa shape index (κ2) is 6.54. The molecule has 0 spiro atoms.